The Morgan fingerprint density at radius 3 is 1.06 bits per heavy atom. The minimum absolute atomic E-state index is 0.623. The highest BCUT2D eigenvalue weighted by atomic mass is 15.0. The first-order valence-corrected chi connectivity index (χ1v) is 17.3. The summed E-state index contributed by atoms with van der Waals surface area (Å²) < 4.78 is 7.28. The van der Waals surface area contributed by atoms with Crippen LogP contribution < -0.4 is 0 Å². The molecule has 0 fully saturated rings. The number of fused-ring (bicyclic) bond motifs is 9. The number of hydrogen-bond donors (Lipinski definition) is 0. The van der Waals surface area contributed by atoms with Gasteiger partial charge < -0.3 is 13.7 Å². The lowest BCUT2D eigenvalue weighted by Gasteiger charge is -2.12. The molecule has 0 atom stereocenters. The Labute approximate surface area is 284 Å². The molecule has 0 saturated heterocycles. The van der Waals surface area contributed by atoms with E-state index in [9.17, 15) is 0 Å². The SMILES string of the molecule is CC(C)Cc1ccc(-n2c3ccc(-n4c5ccccc5c5ccccc54)cc3c3cc(-n4c5ccccc5c5ccccc54)ccc32)cc1. The summed E-state index contributed by atoms with van der Waals surface area (Å²) in [5, 5.41) is 7.57. The monoisotopic (exact) mass is 629 g/mol. The molecule has 0 saturated carbocycles. The summed E-state index contributed by atoms with van der Waals surface area (Å²) in [5.41, 5.74) is 12.2. The summed E-state index contributed by atoms with van der Waals surface area (Å²) in [6.45, 7) is 4.56. The molecule has 0 aliphatic heterocycles. The fraction of sp³-hybridized carbons (Fsp3) is 0.0870. The summed E-state index contributed by atoms with van der Waals surface area (Å²) in [6, 6.07) is 58.2. The maximum absolute atomic E-state index is 2.44. The molecule has 49 heavy (non-hydrogen) atoms. The van der Waals surface area contributed by atoms with Crippen LogP contribution in [-0.2, 0) is 6.42 Å². The third-order valence-corrected chi connectivity index (χ3v) is 10.2. The highest BCUT2D eigenvalue weighted by Crippen LogP contribution is 2.39. The van der Waals surface area contributed by atoms with E-state index >= 15 is 0 Å². The smallest absolute Gasteiger partial charge is 0.0542 e. The lowest BCUT2D eigenvalue weighted by Crippen LogP contribution is -1.98. The molecule has 0 unspecified atom stereocenters. The maximum atomic E-state index is 2.44. The van der Waals surface area contributed by atoms with Gasteiger partial charge in [-0.25, -0.2) is 0 Å². The van der Waals surface area contributed by atoms with Gasteiger partial charge in [0, 0.05) is 49.4 Å². The third-order valence-electron chi connectivity index (χ3n) is 10.2. The molecule has 234 valence electrons. The molecular formula is C46H35N3. The number of nitrogens with zero attached hydrogens (tertiary/aromatic N) is 3. The van der Waals surface area contributed by atoms with Crippen molar-refractivity contribution in [3.05, 3.63) is 163 Å². The van der Waals surface area contributed by atoms with Gasteiger partial charge in [-0.1, -0.05) is 98.8 Å². The van der Waals surface area contributed by atoms with Crippen molar-refractivity contribution in [2.24, 2.45) is 5.92 Å². The molecule has 3 nitrogen and oxygen atoms in total. The minimum Gasteiger partial charge on any atom is -0.309 e. The molecule has 0 spiro atoms. The topological polar surface area (TPSA) is 14.8 Å². The molecular weight excluding hydrogens is 595 g/mol. The van der Waals surface area contributed by atoms with Crippen LogP contribution in [-0.4, -0.2) is 13.7 Å². The molecule has 10 rings (SSSR count). The van der Waals surface area contributed by atoms with E-state index in [0.29, 0.717) is 5.92 Å². The predicted molar refractivity (Wildman–Crippen MR) is 208 cm³/mol. The van der Waals surface area contributed by atoms with Crippen molar-refractivity contribution in [1.82, 2.24) is 13.7 Å². The van der Waals surface area contributed by atoms with E-state index in [4.69, 9.17) is 0 Å². The van der Waals surface area contributed by atoms with Gasteiger partial charge in [0.2, 0.25) is 0 Å². The number of benzene rings is 7. The third kappa shape index (κ3) is 4.22. The first-order chi connectivity index (χ1) is 24.1. The van der Waals surface area contributed by atoms with Crippen molar-refractivity contribution in [3.63, 3.8) is 0 Å². The molecule has 0 aliphatic carbocycles. The largest absolute Gasteiger partial charge is 0.309 e. The van der Waals surface area contributed by atoms with Crippen molar-refractivity contribution in [2.75, 3.05) is 0 Å². The van der Waals surface area contributed by atoms with Crippen LogP contribution in [0.1, 0.15) is 19.4 Å². The van der Waals surface area contributed by atoms with Gasteiger partial charge in [-0.3, -0.25) is 0 Å². The summed E-state index contributed by atoms with van der Waals surface area (Å²) >= 11 is 0. The summed E-state index contributed by atoms with van der Waals surface area (Å²) in [4.78, 5) is 0. The van der Waals surface area contributed by atoms with E-state index in [1.807, 2.05) is 0 Å². The van der Waals surface area contributed by atoms with Crippen LogP contribution in [0.3, 0.4) is 0 Å². The quantitative estimate of drug-likeness (QED) is 0.180. The molecule has 10 aromatic rings. The minimum atomic E-state index is 0.623. The van der Waals surface area contributed by atoms with Crippen molar-refractivity contribution < 1.29 is 0 Å². The Hall–Kier alpha value is -6.06. The van der Waals surface area contributed by atoms with Gasteiger partial charge >= 0.3 is 0 Å². The second-order valence-electron chi connectivity index (χ2n) is 13.7. The van der Waals surface area contributed by atoms with Crippen molar-refractivity contribution in [1.29, 1.82) is 0 Å². The predicted octanol–water partition coefficient (Wildman–Crippen LogP) is 12.2. The fourth-order valence-electron chi connectivity index (χ4n) is 8.21. The average Bonchev–Trinajstić information content (AvgIpc) is 3.77. The highest BCUT2D eigenvalue weighted by Gasteiger charge is 2.18. The van der Waals surface area contributed by atoms with Gasteiger partial charge in [0.25, 0.3) is 0 Å². The lowest BCUT2D eigenvalue weighted by molar-refractivity contribution is 0.647. The molecule has 3 heteroatoms. The van der Waals surface area contributed by atoms with Gasteiger partial charge in [0.05, 0.1) is 33.1 Å². The van der Waals surface area contributed by atoms with Gasteiger partial charge in [-0.2, -0.15) is 0 Å². The Morgan fingerprint density at radius 2 is 0.673 bits per heavy atom. The van der Waals surface area contributed by atoms with E-state index in [0.717, 1.165) is 6.42 Å². The first-order valence-electron chi connectivity index (χ1n) is 17.3. The molecule has 0 aliphatic rings. The number of rotatable bonds is 5. The molecule has 7 aromatic carbocycles. The second kappa shape index (κ2) is 10.7. The van der Waals surface area contributed by atoms with E-state index in [1.54, 1.807) is 0 Å². The van der Waals surface area contributed by atoms with E-state index in [-0.39, 0.29) is 0 Å². The maximum Gasteiger partial charge on any atom is 0.0542 e. The van der Waals surface area contributed by atoms with E-state index in [2.05, 4.69) is 185 Å². The second-order valence-corrected chi connectivity index (χ2v) is 13.7. The van der Waals surface area contributed by atoms with E-state index < -0.39 is 0 Å². The van der Waals surface area contributed by atoms with Crippen LogP contribution in [0.15, 0.2) is 158 Å². The molecule has 0 radical (unpaired) electrons. The van der Waals surface area contributed by atoms with Gasteiger partial charge in [0.15, 0.2) is 0 Å². The van der Waals surface area contributed by atoms with Crippen molar-refractivity contribution in [3.8, 4) is 17.1 Å². The lowest BCUT2D eigenvalue weighted by atomic mass is 10.0. The Morgan fingerprint density at radius 1 is 0.347 bits per heavy atom. The zero-order chi connectivity index (χ0) is 32.6. The van der Waals surface area contributed by atoms with E-state index in [1.165, 1.54) is 88.0 Å². The molecule has 0 amide bonds. The number of aromatic nitrogens is 3. The highest BCUT2D eigenvalue weighted by molar-refractivity contribution is 6.14. The zero-order valence-corrected chi connectivity index (χ0v) is 27.6. The average molecular weight is 630 g/mol. The number of hydrogen-bond acceptors (Lipinski definition) is 0. The van der Waals surface area contributed by atoms with Gasteiger partial charge in [-0.05, 0) is 90.7 Å². The molecule has 3 aromatic heterocycles. The van der Waals surface area contributed by atoms with Crippen LogP contribution in [0.5, 0.6) is 0 Å². The van der Waals surface area contributed by atoms with Gasteiger partial charge in [0.1, 0.15) is 0 Å². The Bertz CT molecular complexity index is 2600. The van der Waals surface area contributed by atoms with Crippen LogP contribution in [0.2, 0.25) is 0 Å². The first kappa shape index (κ1) is 28.0. The Balaban J connectivity index is 1.27. The van der Waals surface area contributed by atoms with Crippen LogP contribution in [0.25, 0.3) is 82.5 Å². The number of para-hydroxylation sites is 4. The summed E-state index contributed by atoms with van der Waals surface area (Å²) in [6.07, 6.45) is 1.08. The summed E-state index contributed by atoms with van der Waals surface area (Å²) in [7, 11) is 0. The zero-order valence-electron chi connectivity index (χ0n) is 27.6. The molecule has 0 N–H and O–H groups in total. The van der Waals surface area contributed by atoms with Crippen molar-refractivity contribution >= 4 is 65.4 Å². The summed E-state index contributed by atoms with van der Waals surface area (Å²) in [5.74, 6) is 0.623. The van der Waals surface area contributed by atoms with Crippen LogP contribution in [0, 0.1) is 5.92 Å². The van der Waals surface area contributed by atoms with Crippen molar-refractivity contribution in [2.45, 2.75) is 20.3 Å². The molecule has 0 bridgehead atoms. The van der Waals surface area contributed by atoms with Gasteiger partial charge in [-0.15, -0.1) is 0 Å². The molecule has 3 heterocycles. The Kier molecular flexibility index (Phi) is 6.13. The normalized spacial score (nSPS) is 12.1. The standard InChI is InChI=1S/C46H35N3/c1-30(2)27-31-19-21-32(22-20-31)47-45-25-23-33(48-41-15-7-3-11-35(41)36-12-4-8-16-42(36)48)28-39(45)40-29-34(24-26-46(40)47)49-43-17-9-5-13-37(43)38-14-6-10-18-44(38)49/h3-26,28-30H,27H2,1-2H3. The fourth-order valence-corrected chi connectivity index (χ4v) is 8.21. The van der Waals surface area contributed by atoms with Crippen LogP contribution in [0.4, 0.5) is 0 Å². The van der Waals surface area contributed by atoms with Crippen LogP contribution >= 0.6 is 0 Å².